The molecule has 0 amide bonds. The van der Waals surface area contributed by atoms with E-state index in [1.54, 1.807) is 12.1 Å². The van der Waals surface area contributed by atoms with Crippen LogP contribution in [0.15, 0.2) is 48.8 Å². The predicted octanol–water partition coefficient (Wildman–Crippen LogP) is 4.23. The van der Waals surface area contributed by atoms with Gasteiger partial charge < -0.3 is 20.9 Å². The van der Waals surface area contributed by atoms with Crippen molar-refractivity contribution < 1.29 is 4.39 Å². The smallest absolute Gasteiger partial charge is 0.159 e. The summed E-state index contributed by atoms with van der Waals surface area (Å²) in [7, 11) is 0. The third-order valence-corrected chi connectivity index (χ3v) is 5.31. The molecule has 0 aliphatic carbocycles. The Morgan fingerprint density at radius 1 is 1.03 bits per heavy atom. The number of piperazine rings is 1. The Morgan fingerprint density at radius 2 is 1.76 bits per heavy atom. The molecule has 150 valence electrons. The Hall–Kier alpha value is -3.06. The summed E-state index contributed by atoms with van der Waals surface area (Å²) in [5.41, 5.74) is 9.38. The van der Waals surface area contributed by atoms with Crippen LogP contribution >= 0.6 is 11.6 Å². The van der Waals surface area contributed by atoms with Gasteiger partial charge in [0.15, 0.2) is 11.6 Å². The molecule has 6 nitrogen and oxygen atoms in total. The summed E-state index contributed by atoms with van der Waals surface area (Å²) in [5.74, 6) is 1.03. The third kappa shape index (κ3) is 4.05. The first kappa shape index (κ1) is 19.3. The molecule has 2 aromatic carbocycles. The average molecular weight is 413 g/mol. The van der Waals surface area contributed by atoms with Gasteiger partial charge in [0.1, 0.15) is 17.8 Å². The lowest BCUT2D eigenvalue weighted by molar-refractivity contribution is 0.596. The number of hydrogen-bond acceptors (Lipinski definition) is 6. The van der Waals surface area contributed by atoms with Crippen molar-refractivity contribution >= 4 is 40.3 Å². The molecule has 4 rings (SSSR count). The van der Waals surface area contributed by atoms with Crippen LogP contribution in [0, 0.1) is 12.7 Å². The normalized spacial score (nSPS) is 14.2. The Morgan fingerprint density at radius 3 is 2.48 bits per heavy atom. The molecule has 29 heavy (non-hydrogen) atoms. The molecular formula is C21H22ClFN6. The van der Waals surface area contributed by atoms with E-state index in [1.807, 2.05) is 36.1 Å². The van der Waals surface area contributed by atoms with E-state index in [1.165, 1.54) is 12.4 Å². The maximum Gasteiger partial charge on any atom is 0.159 e. The van der Waals surface area contributed by atoms with E-state index in [4.69, 9.17) is 17.3 Å². The van der Waals surface area contributed by atoms with Crippen molar-refractivity contribution in [3.8, 4) is 0 Å². The van der Waals surface area contributed by atoms with Gasteiger partial charge in [-0.2, -0.15) is 0 Å². The molecule has 3 N–H and O–H groups in total. The van der Waals surface area contributed by atoms with Gasteiger partial charge in [0, 0.05) is 36.9 Å². The molecule has 0 radical (unpaired) electrons. The SMILES string of the molecule is Cc1cc(Cl)ccc1Nc1ncnc(N2CCN(c3ccccc3F)CC2)c1N. The summed E-state index contributed by atoms with van der Waals surface area (Å²) in [6.07, 6.45) is 1.50. The topological polar surface area (TPSA) is 70.3 Å². The van der Waals surface area contributed by atoms with Crippen LogP contribution < -0.4 is 20.9 Å². The van der Waals surface area contributed by atoms with Gasteiger partial charge in [0.2, 0.25) is 0 Å². The molecule has 1 aliphatic heterocycles. The van der Waals surface area contributed by atoms with E-state index in [0.717, 1.165) is 11.3 Å². The van der Waals surface area contributed by atoms with E-state index in [-0.39, 0.29) is 5.82 Å². The average Bonchev–Trinajstić information content (AvgIpc) is 2.72. The molecule has 2 heterocycles. The number of para-hydroxylation sites is 1. The molecule has 1 fully saturated rings. The highest BCUT2D eigenvalue weighted by atomic mass is 35.5. The molecule has 0 unspecified atom stereocenters. The molecular weight excluding hydrogens is 391 g/mol. The van der Waals surface area contributed by atoms with Crippen molar-refractivity contribution in [1.29, 1.82) is 0 Å². The van der Waals surface area contributed by atoms with Crippen molar-refractivity contribution in [1.82, 2.24) is 9.97 Å². The zero-order chi connectivity index (χ0) is 20.4. The lowest BCUT2D eigenvalue weighted by atomic mass is 10.2. The van der Waals surface area contributed by atoms with Gasteiger partial charge in [-0.1, -0.05) is 23.7 Å². The number of aromatic nitrogens is 2. The van der Waals surface area contributed by atoms with Crippen molar-refractivity contribution in [2.45, 2.75) is 6.92 Å². The summed E-state index contributed by atoms with van der Waals surface area (Å²) in [4.78, 5) is 12.8. The fourth-order valence-electron chi connectivity index (χ4n) is 3.50. The second kappa shape index (κ2) is 8.13. The number of rotatable bonds is 4. The maximum atomic E-state index is 14.1. The number of nitrogens with two attached hydrogens (primary N) is 1. The second-order valence-corrected chi connectivity index (χ2v) is 7.41. The Kier molecular flexibility index (Phi) is 5.40. The highest BCUT2D eigenvalue weighted by Crippen LogP contribution is 2.31. The van der Waals surface area contributed by atoms with E-state index in [0.29, 0.717) is 54.2 Å². The van der Waals surface area contributed by atoms with Gasteiger partial charge in [-0.05, 0) is 42.8 Å². The number of halogens is 2. The quantitative estimate of drug-likeness (QED) is 0.668. The maximum absolute atomic E-state index is 14.1. The number of nitrogen functional groups attached to an aromatic ring is 1. The number of nitrogens with zero attached hydrogens (tertiary/aromatic N) is 4. The van der Waals surface area contributed by atoms with Crippen LogP contribution in [0.4, 0.5) is 33.1 Å². The van der Waals surface area contributed by atoms with E-state index in [9.17, 15) is 4.39 Å². The van der Waals surface area contributed by atoms with Gasteiger partial charge >= 0.3 is 0 Å². The van der Waals surface area contributed by atoms with E-state index >= 15 is 0 Å². The van der Waals surface area contributed by atoms with Crippen molar-refractivity contribution in [3.63, 3.8) is 0 Å². The fraction of sp³-hybridized carbons (Fsp3) is 0.238. The Labute approximate surface area is 174 Å². The first-order valence-electron chi connectivity index (χ1n) is 9.41. The van der Waals surface area contributed by atoms with Crippen molar-refractivity contribution in [2.24, 2.45) is 0 Å². The molecule has 0 atom stereocenters. The standard InChI is InChI=1S/C21H22ClFN6/c1-14-12-15(22)6-7-17(14)27-20-19(24)21(26-13-25-20)29-10-8-28(9-11-29)18-5-3-2-4-16(18)23/h2-7,12-13H,8-11,24H2,1H3,(H,25,26,27). The van der Waals surface area contributed by atoms with Crippen LogP contribution in [0.3, 0.4) is 0 Å². The van der Waals surface area contributed by atoms with Crippen LogP contribution in [-0.2, 0) is 0 Å². The minimum atomic E-state index is -0.202. The molecule has 1 saturated heterocycles. The third-order valence-electron chi connectivity index (χ3n) is 5.08. The molecule has 0 saturated carbocycles. The zero-order valence-electron chi connectivity index (χ0n) is 16.1. The number of nitrogens with one attached hydrogen (secondary N) is 1. The second-order valence-electron chi connectivity index (χ2n) is 6.97. The Balaban J connectivity index is 1.50. The van der Waals surface area contributed by atoms with Crippen LogP contribution in [0.1, 0.15) is 5.56 Å². The minimum absolute atomic E-state index is 0.202. The molecule has 0 bridgehead atoms. The number of benzene rings is 2. The molecule has 8 heteroatoms. The number of aryl methyl sites for hydroxylation is 1. The molecule has 1 aromatic heterocycles. The summed E-state index contributed by atoms with van der Waals surface area (Å²) in [5, 5.41) is 3.95. The highest BCUT2D eigenvalue weighted by molar-refractivity contribution is 6.30. The monoisotopic (exact) mass is 412 g/mol. The van der Waals surface area contributed by atoms with Crippen LogP contribution in [-0.4, -0.2) is 36.1 Å². The van der Waals surface area contributed by atoms with Gasteiger partial charge in [0.25, 0.3) is 0 Å². The van der Waals surface area contributed by atoms with E-state index < -0.39 is 0 Å². The summed E-state index contributed by atoms with van der Waals surface area (Å²) in [6, 6.07) is 12.4. The van der Waals surface area contributed by atoms with Crippen LogP contribution in [0.5, 0.6) is 0 Å². The number of hydrogen-bond donors (Lipinski definition) is 2. The fourth-order valence-corrected chi connectivity index (χ4v) is 3.73. The van der Waals surface area contributed by atoms with Gasteiger partial charge in [-0.3, -0.25) is 0 Å². The van der Waals surface area contributed by atoms with E-state index in [2.05, 4.69) is 20.2 Å². The molecule has 3 aromatic rings. The van der Waals surface area contributed by atoms with Crippen molar-refractivity contribution in [2.75, 3.05) is 47.0 Å². The summed E-state index contributed by atoms with van der Waals surface area (Å²) >= 11 is 6.03. The molecule has 1 aliphatic rings. The summed E-state index contributed by atoms with van der Waals surface area (Å²) in [6.45, 7) is 4.71. The lowest BCUT2D eigenvalue weighted by Crippen LogP contribution is -2.47. The van der Waals surface area contributed by atoms with Gasteiger partial charge in [-0.15, -0.1) is 0 Å². The molecule has 0 spiro atoms. The first-order chi connectivity index (χ1) is 14.0. The van der Waals surface area contributed by atoms with Crippen LogP contribution in [0.25, 0.3) is 0 Å². The van der Waals surface area contributed by atoms with Crippen molar-refractivity contribution in [3.05, 3.63) is 65.2 Å². The van der Waals surface area contributed by atoms with Gasteiger partial charge in [0.05, 0.1) is 5.69 Å². The Bertz CT molecular complexity index is 1020. The zero-order valence-corrected chi connectivity index (χ0v) is 16.8. The number of anilines is 5. The van der Waals surface area contributed by atoms with Crippen LogP contribution in [0.2, 0.25) is 5.02 Å². The minimum Gasteiger partial charge on any atom is -0.393 e. The summed E-state index contributed by atoms with van der Waals surface area (Å²) < 4.78 is 14.1. The lowest BCUT2D eigenvalue weighted by Gasteiger charge is -2.37. The largest absolute Gasteiger partial charge is 0.393 e. The predicted molar refractivity (Wildman–Crippen MR) is 117 cm³/mol. The van der Waals surface area contributed by atoms with Gasteiger partial charge in [-0.25, -0.2) is 14.4 Å². The highest BCUT2D eigenvalue weighted by Gasteiger charge is 2.23. The first-order valence-corrected chi connectivity index (χ1v) is 9.79.